The van der Waals surface area contributed by atoms with Crippen molar-refractivity contribution in [1.82, 2.24) is 14.7 Å². The predicted molar refractivity (Wildman–Crippen MR) is 190 cm³/mol. The molecule has 1 aromatic carbocycles. The van der Waals surface area contributed by atoms with E-state index < -0.39 is 33.4 Å². The molecule has 1 N–H and O–H groups in total. The summed E-state index contributed by atoms with van der Waals surface area (Å²) in [6.45, 7) is 21.1. The summed E-state index contributed by atoms with van der Waals surface area (Å²) >= 11 is 1.66. The van der Waals surface area contributed by atoms with E-state index in [4.69, 9.17) is 9.47 Å². The van der Waals surface area contributed by atoms with E-state index in [0.29, 0.717) is 64.4 Å². The van der Waals surface area contributed by atoms with Crippen LogP contribution in [0.15, 0.2) is 49.6 Å². The Labute approximate surface area is 290 Å². The van der Waals surface area contributed by atoms with Gasteiger partial charge in [-0.25, -0.2) is 0 Å². The number of carbonyl (C=O) groups is 3. The van der Waals surface area contributed by atoms with Crippen molar-refractivity contribution in [2.24, 2.45) is 17.8 Å². The van der Waals surface area contributed by atoms with Gasteiger partial charge in [0.15, 0.2) is 0 Å². The van der Waals surface area contributed by atoms with Crippen LogP contribution in [-0.4, -0.2) is 125 Å². The van der Waals surface area contributed by atoms with E-state index in [1.54, 1.807) is 33.7 Å². The molecule has 4 saturated heterocycles. The number of aliphatic hydroxyl groups excluding tert-OH is 1. The topological polar surface area (TPSA) is 103 Å². The maximum atomic E-state index is 14.9. The minimum atomic E-state index is -0.793. The van der Waals surface area contributed by atoms with Crippen LogP contribution in [0.3, 0.4) is 0 Å². The molecule has 0 aliphatic carbocycles. The highest BCUT2D eigenvalue weighted by molar-refractivity contribution is 8.02. The van der Waals surface area contributed by atoms with E-state index in [2.05, 4.69) is 38.8 Å². The number of amides is 3. The first-order valence-corrected chi connectivity index (χ1v) is 18.3. The Balaban J connectivity index is 1.53. The Morgan fingerprint density at radius 3 is 2.42 bits per heavy atom. The smallest absolute Gasteiger partial charge is 0.247 e. The maximum Gasteiger partial charge on any atom is 0.247 e. The summed E-state index contributed by atoms with van der Waals surface area (Å²) in [7, 11) is 0. The molecule has 3 amide bonds. The number of benzene rings is 1. The van der Waals surface area contributed by atoms with Crippen molar-refractivity contribution in [3.05, 3.63) is 49.6 Å². The van der Waals surface area contributed by atoms with Gasteiger partial charge in [-0.1, -0.05) is 26.0 Å². The molecule has 10 nitrogen and oxygen atoms in total. The van der Waals surface area contributed by atoms with E-state index in [-0.39, 0.29) is 36.8 Å². The minimum absolute atomic E-state index is 0.125. The number of likely N-dealkylation sites (tertiary alicyclic amines) is 1. The molecule has 1 spiro atoms. The van der Waals surface area contributed by atoms with Crippen LogP contribution in [0.2, 0.25) is 0 Å². The first-order valence-electron chi connectivity index (χ1n) is 17.5. The van der Waals surface area contributed by atoms with Gasteiger partial charge in [-0.2, -0.15) is 0 Å². The summed E-state index contributed by atoms with van der Waals surface area (Å²) in [6.07, 6.45) is 5.36. The third-order valence-electron chi connectivity index (χ3n) is 10.6. The third kappa shape index (κ3) is 6.80. The molecule has 2 unspecified atom stereocenters. The van der Waals surface area contributed by atoms with Crippen molar-refractivity contribution >= 4 is 35.2 Å². The van der Waals surface area contributed by atoms with Crippen LogP contribution in [0.1, 0.15) is 47.0 Å². The highest BCUT2D eigenvalue weighted by Gasteiger charge is 2.78. The molecule has 11 heteroatoms. The quantitative estimate of drug-likeness (QED) is 0.263. The fourth-order valence-electron chi connectivity index (χ4n) is 8.45. The molecule has 1 aromatic rings. The second kappa shape index (κ2) is 15.4. The van der Waals surface area contributed by atoms with Gasteiger partial charge < -0.3 is 29.3 Å². The molecule has 48 heavy (non-hydrogen) atoms. The first kappa shape index (κ1) is 36.4. The Hall–Kier alpha value is -2.86. The second-order valence-corrected chi connectivity index (χ2v) is 16.0. The zero-order valence-electron chi connectivity index (χ0n) is 29.1. The molecular weight excluding hydrogens is 628 g/mol. The first-order chi connectivity index (χ1) is 23.0. The van der Waals surface area contributed by atoms with Crippen LogP contribution in [-0.2, 0) is 19.1 Å². The highest BCUT2D eigenvalue weighted by Crippen LogP contribution is 2.72. The molecule has 0 aromatic heterocycles. The van der Waals surface area contributed by atoms with Gasteiger partial charge in [0.1, 0.15) is 11.8 Å². The van der Waals surface area contributed by atoms with Crippen molar-refractivity contribution in [3.8, 4) is 5.75 Å². The predicted octanol–water partition coefficient (Wildman–Crippen LogP) is 3.84. The Kier molecular flexibility index (Phi) is 11.7. The maximum absolute atomic E-state index is 14.9. The van der Waals surface area contributed by atoms with Crippen molar-refractivity contribution in [3.63, 3.8) is 0 Å². The Morgan fingerprint density at radius 1 is 1.12 bits per heavy atom. The highest BCUT2D eigenvalue weighted by atomic mass is 32.2. The minimum Gasteiger partial charge on any atom is -0.494 e. The summed E-state index contributed by atoms with van der Waals surface area (Å²) in [5.41, 5.74) is 0.706. The van der Waals surface area contributed by atoms with Gasteiger partial charge >= 0.3 is 0 Å². The lowest BCUT2D eigenvalue weighted by Gasteiger charge is -2.40. The molecule has 0 saturated carbocycles. The molecule has 6 atom stereocenters. The number of rotatable bonds is 16. The van der Waals surface area contributed by atoms with E-state index >= 15 is 0 Å². The number of hydrogen-bond acceptors (Lipinski definition) is 8. The number of hydrogen-bond donors (Lipinski definition) is 1. The summed E-state index contributed by atoms with van der Waals surface area (Å²) in [5, 5.41) is 10.7. The lowest BCUT2D eigenvalue weighted by Crippen LogP contribution is -2.58. The van der Waals surface area contributed by atoms with Crippen LogP contribution in [0.5, 0.6) is 5.75 Å². The van der Waals surface area contributed by atoms with E-state index in [1.165, 1.54) is 0 Å². The van der Waals surface area contributed by atoms with Crippen molar-refractivity contribution in [2.75, 3.05) is 70.6 Å². The molecule has 4 heterocycles. The van der Waals surface area contributed by atoms with E-state index in [1.807, 2.05) is 36.1 Å². The summed E-state index contributed by atoms with van der Waals surface area (Å²) in [6, 6.07) is 6.10. The zero-order valence-corrected chi connectivity index (χ0v) is 30.0. The van der Waals surface area contributed by atoms with Crippen molar-refractivity contribution in [2.45, 2.75) is 68.5 Å². The van der Waals surface area contributed by atoms with Crippen LogP contribution < -0.4 is 9.64 Å². The largest absolute Gasteiger partial charge is 0.494 e. The molecule has 4 fully saturated rings. The third-order valence-corrected chi connectivity index (χ3v) is 12.5. The average Bonchev–Trinajstić information content (AvgIpc) is 3.65. The number of nitrogens with zero attached hydrogens (tertiary/aromatic N) is 4. The SMILES string of the molecule is C=CCN(CCN1CCOCC1)C(=O)C1N([C@@H](CO)CC(C)C)C(=O)[C@@H]2[C@@H](C(=O)N(CC=C)c3ccc(OCC)cc3)[C@@]3(C)CCC12S3. The number of ether oxygens (including phenoxy) is 2. The molecular formula is C37H54N4O6S. The number of aliphatic hydroxyl groups is 1. The molecule has 4 aliphatic rings. The van der Waals surface area contributed by atoms with Gasteiger partial charge in [-0.05, 0) is 63.3 Å². The molecule has 2 bridgehead atoms. The fraction of sp³-hybridized carbons (Fsp3) is 0.649. The summed E-state index contributed by atoms with van der Waals surface area (Å²) < 4.78 is 9.84. The molecule has 5 rings (SSSR count). The number of fused-ring (bicyclic) bond motifs is 1. The van der Waals surface area contributed by atoms with Gasteiger partial charge in [0.05, 0.1) is 49.1 Å². The van der Waals surface area contributed by atoms with Crippen LogP contribution in [0.4, 0.5) is 5.69 Å². The zero-order chi connectivity index (χ0) is 34.6. The molecule has 0 radical (unpaired) electrons. The summed E-state index contributed by atoms with van der Waals surface area (Å²) in [5.74, 6) is -0.883. The standard InChI is InChI=1S/C37H54N4O6S/c1-7-16-39(19-18-38-20-22-46-23-21-38)35(45)32-37-15-14-36(6,48-37)30(31(37)34(44)41(32)28(25-42)24-26(4)5)33(43)40(17-8-2)27-10-12-29(13-11-27)47-9-3/h7-8,10-13,26,28,30-32,42H,1-2,9,14-25H2,3-6H3/t28-,30+,31+,32?,36-,37?/m1/s1. The number of thioether (sulfide) groups is 1. The Morgan fingerprint density at radius 2 is 1.81 bits per heavy atom. The van der Waals surface area contributed by atoms with Gasteiger partial charge in [0, 0.05) is 49.7 Å². The van der Waals surface area contributed by atoms with E-state index in [0.717, 1.165) is 18.8 Å². The van der Waals surface area contributed by atoms with Crippen LogP contribution in [0.25, 0.3) is 0 Å². The lowest BCUT2D eigenvalue weighted by molar-refractivity contribution is -0.146. The van der Waals surface area contributed by atoms with Crippen LogP contribution in [0, 0.1) is 17.8 Å². The monoisotopic (exact) mass is 682 g/mol. The Bertz CT molecular complexity index is 1340. The average molecular weight is 683 g/mol. The normalized spacial score (nSPS) is 28.8. The van der Waals surface area contributed by atoms with Crippen molar-refractivity contribution in [1.29, 1.82) is 0 Å². The van der Waals surface area contributed by atoms with Crippen LogP contribution >= 0.6 is 11.8 Å². The number of anilines is 1. The second-order valence-electron chi connectivity index (χ2n) is 14.1. The fourth-order valence-corrected chi connectivity index (χ4v) is 10.8. The molecule has 264 valence electrons. The van der Waals surface area contributed by atoms with Gasteiger partial charge in [0.25, 0.3) is 0 Å². The number of morpholine rings is 1. The summed E-state index contributed by atoms with van der Waals surface area (Å²) in [4.78, 5) is 52.2. The molecule has 4 aliphatic heterocycles. The van der Waals surface area contributed by atoms with Gasteiger partial charge in [-0.3, -0.25) is 19.3 Å². The van der Waals surface area contributed by atoms with Gasteiger partial charge in [0.2, 0.25) is 17.7 Å². The lowest BCUT2D eigenvalue weighted by atomic mass is 9.66. The van der Waals surface area contributed by atoms with E-state index in [9.17, 15) is 19.5 Å². The van der Waals surface area contributed by atoms with Gasteiger partial charge in [-0.15, -0.1) is 24.9 Å². The number of carbonyl (C=O) groups excluding carboxylic acids is 3. The van der Waals surface area contributed by atoms with Crippen molar-refractivity contribution < 1.29 is 29.0 Å².